The lowest BCUT2D eigenvalue weighted by molar-refractivity contribution is 0.652. The summed E-state index contributed by atoms with van der Waals surface area (Å²) < 4.78 is 5.24. The molecule has 0 saturated heterocycles. The molecule has 1 unspecified atom stereocenters. The molecule has 2 aromatic carbocycles. The fourth-order valence-corrected chi connectivity index (χ4v) is 2.14. The van der Waals surface area contributed by atoms with E-state index in [0.29, 0.717) is 0 Å². The van der Waals surface area contributed by atoms with Crippen LogP contribution in [-0.2, 0) is 0 Å². The summed E-state index contributed by atoms with van der Waals surface area (Å²) in [6.45, 7) is 0. The average Bonchev–Trinajstić information content (AvgIpc) is 2.67. The standard InChI is InChI=1S/C12H10NOP/c15-14-11-7-3-5-9-8-4-1-2-6-10(8)13-12(9)11/h1-7,13H,15H2. The molecule has 3 rings (SSSR count). The predicted octanol–water partition coefficient (Wildman–Crippen LogP) is 3.49. The van der Waals surface area contributed by atoms with Crippen molar-refractivity contribution < 1.29 is 4.52 Å². The van der Waals surface area contributed by atoms with E-state index in [2.05, 4.69) is 32.6 Å². The van der Waals surface area contributed by atoms with Gasteiger partial charge in [-0.25, -0.2) is 0 Å². The summed E-state index contributed by atoms with van der Waals surface area (Å²) in [6, 6.07) is 14.3. The molecule has 1 aromatic heterocycles. The maximum Gasteiger partial charge on any atom is 0.146 e. The van der Waals surface area contributed by atoms with E-state index in [1.54, 1.807) is 0 Å². The number of nitrogens with one attached hydrogen (secondary N) is 1. The summed E-state index contributed by atoms with van der Waals surface area (Å²) >= 11 is 0. The van der Waals surface area contributed by atoms with Gasteiger partial charge in [0.1, 0.15) is 5.75 Å². The Hall–Kier alpha value is -1.53. The van der Waals surface area contributed by atoms with E-state index in [9.17, 15) is 0 Å². The van der Waals surface area contributed by atoms with Crippen LogP contribution in [0.5, 0.6) is 5.75 Å². The highest BCUT2D eigenvalue weighted by Gasteiger charge is 2.06. The molecule has 0 radical (unpaired) electrons. The van der Waals surface area contributed by atoms with E-state index in [4.69, 9.17) is 4.52 Å². The van der Waals surface area contributed by atoms with Crippen LogP contribution in [0.2, 0.25) is 0 Å². The van der Waals surface area contributed by atoms with Crippen LogP contribution >= 0.6 is 9.47 Å². The zero-order valence-electron chi connectivity index (χ0n) is 8.03. The fourth-order valence-electron chi connectivity index (χ4n) is 1.94. The van der Waals surface area contributed by atoms with E-state index in [1.165, 1.54) is 10.8 Å². The molecule has 0 fully saturated rings. The first kappa shape index (κ1) is 8.75. The van der Waals surface area contributed by atoms with Crippen LogP contribution in [0, 0.1) is 0 Å². The summed E-state index contributed by atoms with van der Waals surface area (Å²) in [4.78, 5) is 3.36. The van der Waals surface area contributed by atoms with Crippen LogP contribution < -0.4 is 4.52 Å². The Labute approximate surface area is 89.5 Å². The summed E-state index contributed by atoms with van der Waals surface area (Å²) in [6.07, 6.45) is 0. The Morgan fingerprint density at radius 2 is 1.73 bits per heavy atom. The average molecular weight is 215 g/mol. The van der Waals surface area contributed by atoms with Gasteiger partial charge >= 0.3 is 0 Å². The summed E-state index contributed by atoms with van der Waals surface area (Å²) in [7, 11) is 2.28. The van der Waals surface area contributed by atoms with Crippen molar-refractivity contribution in [3.05, 3.63) is 42.5 Å². The Bertz CT molecular complexity index is 630. The van der Waals surface area contributed by atoms with Crippen molar-refractivity contribution >= 4 is 31.3 Å². The molecule has 0 aliphatic carbocycles. The first-order chi connectivity index (χ1) is 7.40. The quantitative estimate of drug-likeness (QED) is 0.617. The highest BCUT2D eigenvalue weighted by molar-refractivity contribution is 7.10. The van der Waals surface area contributed by atoms with Crippen molar-refractivity contribution in [1.29, 1.82) is 0 Å². The Morgan fingerprint density at radius 1 is 0.933 bits per heavy atom. The molecule has 0 aliphatic rings. The minimum atomic E-state index is 0.855. The molecule has 74 valence electrons. The topological polar surface area (TPSA) is 25.0 Å². The summed E-state index contributed by atoms with van der Waals surface area (Å²) in [5.74, 6) is 0.855. The molecule has 0 spiro atoms. The predicted molar refractivity (Wildman–Crippen MR) is 66.1 cm³/mol. The van der Waals surface area contributed by atoms with Gasteiger partial charge in [0.15, 0.2) is 0 Å². The van der Waals surface area contributed by atoms with Gasteiger partial charge < -0.3 is 9.51 Å². The third-order valence-electron chi connectivity index (χ3n) is 2.63. The Morgan fingerprint density at radius 3 is 2.60 bits per heavy atom. The smallest absolute Gasteiger partial charge is 0.146 e. The molecule has 3 heteroatoms. The van der Waals surface area contributed by atoms with E-state index in [0.717, 1.165) is 16.8 Å². The van der Waals surface area contributed by atoms with Crippen molar-refractivity contribution in [2.24, 2.45) is 0 Å². The van der Waals surface area contributed by atoms with Crippen LogP contribution in [0.25, 0.3) is 21.8 Å². The second kappa shape index (κ2) is 3.25. The Kier molecular flexibility index (Phi) is 1.90. The number of fused-ring (bicyclic) bond motifs is 3. The van der Waals surface area contributed by atoms with Gasteiger partial charge in [-0.2, -0.15) is 0 Å². The molecule has 0 aliphatic heterocycles. The number of rotatable bonds is 1. The highest BCUT2D eigenvalue weighted by atomic mass is 31.0. The number of H-pyrrole nitrogens is 1. The molecule has 0 saturated carbocycles. The van der Waals surface area contributed by atoms with Gasteiger partial charge in [-0.05, 0) is 12.1 Å². The molecule has 2 nitrogen and oxygen atoms in total. The third kappa shape index (κ3) is 1.22. The molecule has 1 heterocycles. The van der Waals surface area contributed by atoms with Gasteiger partial charge in [0, 0.05) is 16.3 Å². The highest BCUT2D eigenvalue weighted by Crippen LogP contribution is 2.31. The van der Waals surface area contributed by atoms with Gasteiger partial charge in [-0.3, -0.25) is 0 Å². The van der Waals surface area contributed by atoms with Crippen molar-refractivity contribution in [3.63, 3.8) is 0 Å². The fraction of sp³-hybridized carbons (Fsp3) is 0. The second-order valence-electron chi connectivity index (χ2n) is 3.47. The number of para-hydroxylation sites is 2. The molecule has 1 N–H and O–H groups in total. The van der Waals surface area contributed by atoms with Crippen molar-refractivity contribution in [3.8, 4) is 5.75 Å². The first-order valence-corrected chi connectivity index (χ1v) is 5.23. The normalized spacial score (nSPS) is 11.0. The number of benzene rings is 2. The first-order valence-electron chi connectivity index (χ1n) is 4.76. The summed E-state index contributed by atoms with van der Waals surface area (Å²) in [5.41, 5.74) is 2.19. The van der Waals surface area contributed by atoms with Gasteiger partial charge in [0.25, 0.3) is 0 Å². The van der Waals surface area contributed by atoms with Crippen molar-refractivity contribution in [1.82, 2.24) is 4.98 Å². The lowest BCUT2D eigenvalue weighted by atomic mass is 10.1. The largest absolute Gasteiger partial charge is 0.478 e. The SMILES string of the molecule is POc1cccc2c1[nH]c1ccccc12. The lowest BCUT2D eigenvalue weighted by Crippen LogP contribution is -1.75. The number of hydrogen-bond acceptors (Lipinski definition) is 1. The molecule has 1 atom stereocenters. The van der Waals surface area contributed by atoms with Crippen molar-refractivity contribution in [2.75, 3.05) is 0 Å². The molecular weight excluding hydrogens is 205 g/mol. The van der Waals surface area contributed by atoms with E-state index < -0.39 is 0 Å². The van der Waals surface area contributed by atoms with Crippen LogP contribution in [-0.4, -0.2) is 4.98 Å². The Balaban J connectivity index is 2.53. The van der Waals surface area contributed by atoms with Crippen LogP contribution in [0.4, 0.5) is 0 Å². The van der Waals surface area contributed by atoms with Crippen molar-refractivity contribution in [2.45, 2.75) is 0 Å². The van der Waals surface area contributed by atoms with E-state index >= 15 is 0 Å². The van der Waals surface area contributed by atoms with Gasteiger partial charge in [-0.15, -0.1) is 0 Å². The van der Waals surface area contributed by atoms with Crippen LogP contribution in [0.1, 0.15) is 0 Å². The minimum Gasteiger partial charge on any atom is -0.478 e. The minimum absolute atomic E-state index is 0.855. The molecule has 0 amide bonds. The van der Waals surface area contributed by atoms with Gasteiger partial charge in [0.05, 0.1) is 15.0 Å². The van der Waals surface area contributed by atoms with Gasteiger partial charge in [0.2, 0.25) is 0 Å². The number of aromatic amines is 1. The molecule has 0 bridgehead atoms. The zero-order valence-corrected chi connectivity index (χ0v) is 9.18. The maximum atomic E-state index is 5.24. The lowest BCUT2D eigenvalue weighted by Gasteiger charge is -1.99. The molecular formula is C12H10NOP. The van der Waals surface area contributed by atoms with Crippen LogP contribution in [0.15, 0.2) is 42.5 Å². The second-order valence-corrected chi connectivity index (χ2v) is 3.70. The molecule has 3 aromatic rings. The zero-order chi connectivity index (χ0) is 10.3. The number of hydrogen-bond donors (Lipinski definition) is 1. The van der Waals surface area contributed by atoms with E-state index in [1.807, 2.05) is 24.3 Å². The third-order valence-corrected chi connectivity index (χ3v) is 2.88. The van der Waals surface area contributed by atoms with E-state index in [-0.39, 0.29) is 0 Å². The molecule has 15 heavy (non-hydrogen) atoms. The van der Waals surface area contributed by atoms with Crippen LogP contribution in [0.3, 0.4) is 0 Å². The summed E-state index contributed by atoms with van der Waals surface area (Å²) in [5, 5.41) is 2.43. The monoisotopic (exact) mass is 215 g/mol. The van der Waals surface area contributed by atoms with Gasteiger partial charge in [-0.1, -0.05) is 30.3 Å². The number of aromatic nitrogens is 1. The maximum absolute atomic E-state index is 5.24.